The van der Waals surface area contributed by atoms with Gasteiger partial charge >= 0.3 is 6.18 Å². The van der Waals surface area contributed by atoms with Crippen LogP contribution in [0.15, 0.2) is 39.6 Å². The molecule has 180 valence electrons. The van der Waals surface area contributed by atoms with Crippen LogP contribution in [-0.2, 0) is 10.9 Å². The largest absolute Gasteiger partial charge is 0.497 e. The standard InChI is InChI=1S/C24H19F3N4O4/c1-6-7-16(34-5)19-13(3)35-22(29-19)17-12(2)28-21-18(14-8-10-15(33-4)11-9-14)20(24(25,26)27)30-31(21)23(17)32/h1,7-11,30H,2-5H3/b16-7+. The maximum absolute atomic E-state index is 14.0. The number of nitrogens with one attached hydrogen (secondary N) is 1. The van der Waals surface area contributed by atoms with E-state index in [1.54, 1.807) is 6.92 Å². The number of H-pyrrole nitrogens is 1. The van der Waals surface area contributed by atoms with E-state index >= 15 is 0 Å². The Morgan fingerprint density at radius 3 is 2.43 bits per heavy atom. The number of rotatable bonds is 5. The van der Waals surface area contributed by atoms with Crippen molar-refractivity contribution in [3.63, 3.8) is 0 Å². The molecule has 35 heavy (non-hydrogen) atoms. The zero-order chi connectivity index (χ0) is 25.5. The smallest absolute Gasteiger partial charge is 0.433 e. The van der Waals surface area contributed by atoms with Crippen molar-refractivity contribution in [2.75, 3.05) is 14.2 Å². The van der Waals surface area contributed by atoms with Gasteiger partial charge in [0.15, 0.2) is 11.4 Å². The first-order valence-corrected chi connectivity index (χ1v) is 10.2. The highest BCUT2D eigenvalue weighted by molar-refractivity contribution is 5.81. The predicted molar refractivity (Wildman–Crippen MR) is 122 cm³/mol. The molecule has 0 atom stereocenters. The minimum Gasteiger partial charge on any atom is -0.497 e. The first-order valence-electron chi connectivity index (χ1n) is 10.2. The van der Waals surface area contributed by atoms with Crippen molar-refractivity contribution in [2.45, 2.75) is 20.0 Å². The first kappa shape index (κ1) is 23.7. The molecule has 0 bridgehead atoms. The molecule has 0 aliphatic rings. The fourth-order valence-electron chi connectivity index (χ4n) is 3.69. The van der Waals surface area contributed by atoms with Gasteiger partial charge in [-0.15, -0.1) is 6.42 Å². The summed E-state index contributed by atoms with van der Waals surface area (Å²) in [5.41, 5.74) is -1.91. The SMILES string of the molecule is C#C/C=C(/OC)c1nc(-c2c(C)nc3c(-c4ccc(OC)cc4)c(C(F)(F)F)[nH]n3c2=O)oc1C. The molecule has 3 heterocycles. The average molecular weight is 484 g/mol. The Hall–Kier alpha value is -4.46. The normalized spacial score (nSPS) is 12.1. The third kappa shape index (κ3) is 4.03. The van der Waals surface area contributed by atoms with Gasteiger partial charge in [0.25, 0.3) is 5.56 Å². The van der Waals surface area contributed by atoms with E-state index < -0.39 is 17.4 Å². The van der Waals surface area contributed by atoms with Crippen LogP contribution in [0.4, 0.5) is 13.2 Å². The van der Waals surface area contributed by atoms with Crippen LogP contribution in [0.2, 0.25) is 0 Å². The summed E-state index contributed by atoms with van der Waals surface area (Å²) >= 11 is 0. The number of alkyl halides is 3. The van der Waals surface area contributed by atoms with Gasteiger partial charge in [0, 0.05) is 6.08 Å². The predicted octanol–water partition coefficient (Wildman–Crippen LogP) is 4.61. The fourth-order valence-corrected chi connectivity index (χ4v) is 3.69. The molecule has 0 saturated heterocycles. The number of aromatic amines is 1. The summed E-state index contributed by atoms with van der Waals surface area (Å²) in [6, 6.07) is 5.96. The molecular weight excluding hydrogens is 465 g/mol. The number of terminal acetylenes is 1. The lowest BCUT2D eigenvalue weighted by molar-refractivity contribution is -0.140. The average Bonchev–Trinajstić information content (AvgIpc) is 3.38. The van der Waals surface area contributed by atoms with E-state index in [1.165, 1.54) is 51.5 Å². The second-order valence-corrected chi connectivity index (χ2v) is 7.43. The van der Waals surface area contributed by atoms with Crippen molar-refractivity contribution in [1.29, 1.82) is 0 Å². The highest BCUT2D eigenvalue weighted by atomic mass is 19.4. The maximum atomic E-state index is 14.0. The number of fused-ring (bicyclic) bond motifs is 1. The Labute approximate surface area is 197 Å². The van der Waals surface area contributed by atoms with Crippen LogP contribution in [0.25, 0.3) is 34.0 Å². The molecular formula is C24H19F3N4O4. The quantitative estimate of drug-likeness (QED) is 0.329. The van der Waals surface area contributed by atoms with E-state index in [-0.39, 0.29) is 45.4 Å². The highest BCUT2D eigenvalue weighted by Gasteiger charge is 2.38. The van der Waals surface area contributed by atoms with Gasteiger partial charge < -0.3 is 13.9 Å². The number of nitrogens with zero attached hydrogens (tertiary/aromatic N) is 3. The molecule has 0 amide bonds. The van der Waals surface area contributed by atoms with Crippen molar-refractivity contribution in [1.82, 2.24) is 19.6 Å². The van der Waals surface area contributed by atoms with Crippen LogP contribution in [0, 0.1) is 26.2 Å². The van der Waals surface area contributed by atoms with Crippen LogP contribution in [0.3, 0.4) is 0 Å². The van der Waals surface area contributed by atoms with Crippen molar-refractivity contribution >= 4 is 11.4 Å². The molecule has 0 aliphatic heterocycles. The van der Waals surface area contributed by atoms with Crippen molar-refractivity contribution in [3.8, 4) is 40.7 Å². The Morgan fingerprint density at radius 2 is 1.86 bits per heavy atom. The number of aromatic nitrogens is 4. The van der Waals surface area contributed by atoms with Gasteiger partial charge in [-0.2, -0.15) is 17.7 Å². The Morgan fingerprint density at radius 1 is 1.17 bits per heavy atom. The van der Waals surface area contributed by atoms with Crippen LogP contribution < -0.4 is 10.3 Å². The molecule has 4 rings (SSSR count). The molecule has 3 aromatic heterocycles. The number of allylic oxidation sites excluding steroid dienone is 1. The number of aryl methyl sites for hydroxylation is 2. The monoisotopic (exact) mass is 484 g/mol. The van der Waals surface area contributed by atoms with Gasteiger partial charge in [0.1, 0.15) is 28.5 Å². The molecule has 11 heteroatoms. The van der Waals surface area contributed by atoms with Gasteiger partial charge in [-0.3, -0.25) is 9.89 Å². The topological polar surface area (TPSA) is 94.7 Å². The third-order valence-corrected chi connectivity index (χ3v) is 5.30. The molecule has 0 spiro atoms. The Balaban J connectivity index is 1.99. The van der Waals surface area contributed by atoms with Crippen molar-refractivity contribution < 1.29 is 27.1 Å². The second-order valence-electron chi connectivity index (χ2n) is 7.43. The lowest BCUT2D eigenvalue weighted by atomic mass is 10.0. The molecule has 0 fully saturated rings. The molecule has 1 N–H and O–H groups in total. The summed E-state index contributed by atoms with van der Waals surface area (Å²) in [5.74, 6) is 3.19. The van der Waals surface area contributed by atoms with E-state index in [9.17, 15) is 18.0 Å². The number of oxazole rings is 1. The van der Waals surface area contributed by atoms with Crippen molar-refractivity contribution in [2.24, 2.45) is 0 Å². The zero-order valence-corrected chi connectivity index (χ0v) is 19.1. The molecule has 0 aliphatic carbocycles. The number of benzene rings is 1. The van der Waals surface area contributed by atoms with E-state index in [4.69, 9.17) is 20.3 Å². The number of halogens is 3. The fraction of sp³-hybridized carbons (Fsp3) is 0.208. The van der Waals surface area contributed by atoms with E-state index in [0.29, 0.717) is 11.5 Å². The van der Waals surface area contributed by atoms with Crippen LogP contribution >= 0.6 is 0 Å². The van der Waals surface area contributed by atoms with Gasteiger partial charge in [-0.25, -0.2) is 9.97 Å². The lowest BCUT2D eigenvalue weighted by Crippen LogP contribution is -2.20. The van der Waals surface area contributed by atoms with E-state index in [1.807, 2.05) is 0 Å². The van der Waals surface area contributed by atoms with Crippen LogP contribution in [-0.4, -0.2) is 33.8 Å². The van der Waals surface area contributed by atoms with Gasteiger partial charge in [-0.05, 0) is 31.5 Å². The second kappa shape index (κ2) is 8.72. The summed E-state index contributed by atoms with van der Waals surface area (Å²) in [4.78, 5) is 22.0. The first-order chi connectivity index (χ1) is 16.6. The van der Waals surface area contributed by atoms with Crippen molar-refractivity contribution in [3.05, 3.63) is 63.5 Å². The minimum atomic E-state index is -4.79. The summed E-state index contributed by atoms with van der Waals surface area (Å²) in [6.07, 6.45) is 1.85. The molecule has 0 unspecified atom stereocenters. The molecule has 0 saturated carbocycles. The highest BCUT2D eigenvalue weighted by Crippen LogP contribution is 2.39. The van der Waals surface area contributed by atoms with Crippen LogP contribution in [0.5, 0.6) is 5.75 Å². The molecule has 4 aromatic rings. The zero-order valence-electron chi connectivity index (χ0n) is 19.1. The lowest BCUT2D eigenvalue weighted by Gasteiger charge is -2.08. The maximum Gasteiger partial charge on any atom is 0.433 e. The van der Waals surface area contributed by atoms with Gasteiger partial charge in [0.2, 0.25) is 5.89 Å². The summed E-state index contributed by atoms with van der Waals surface area (Å²) in [6.45, 7) is 3.08. The third-order valence-electron chi connectivity index (χ3n) is 5.30. The molecule has 0 radical (unpaired) electrons. The Kier molecular flexibility index (Phi) is 5.90. The minimum absolute atomic E-state index is 0.107. The van der Waals surface area contributed by atoms with Gasteiger partial charge in [0.05, 0.1) is 25.5 Å². The number of methoxy groups -OCH3 is 2. The van der Waals surface area contributed by atoms with E-state index in [2.05, 4.69) is 21.0 Å². The number of hydrogen-bond donors (Lipinski definition) is 1. The molecule has 8 nitrogen and oxygen atoms in total. The summed E-state index contributed by atoms with van der Waals surface area (Å²) in [7, 11) is 2.84. The summed E-state index contributed by atoms with van der Waals surface area (Å²) in [5, 5.41) is 2.17. The summed E-state index contributed by atoms with van der Waals surface area (Å²) < 4.78 is 58.6. The Bertz CT molecular complexity index is 1550. The van der Waals surface area contributed by atoms with E-state index in [0.717, 1.165) is 4.52 Å². The van der Waals surface area contributed by atoms with Crippen LogP contribution in [0.1, 0.15) is 22.8 Å². The molecule has 1 aromatic carbocycles. The number of ether oxygens (including phenoxy) is 2. The number of hydrogen-bond acceptors (Lipinski definition) is 6. The van der Waals surface area contributed by atoms with Gasteiger partial charge in [-0.1, -0.05) is 18.1 Å².